The van der Waals surface area contributed by atoms with Gasteiger partial charge in [-0.15, -0.1) is 0 Å². The fraction of sp³-hybridized carbons (Fsp3) is 0.769. The van der Waals surface area contributed by atoms with E-state index >= 15 is 0 Å². The van der Waals surface area contributed by atoms with Gasteiger partial charge in [-0.25, -0.2) is 4.98 Å². The molecule has 0 aliphatic heterocycles. The molecule has 0 fully saturated rings. The van der Waals surface area contributed by atoms with Crippen molar-refractivity contribution >= 4 is 0 Å². The summed E-state index contributed by atoms with van der Waals surface area (Å²) in [6.45, 7) is 10.7. The van der Waals surface area contributed by atoms with Crippen LogP contribution in [0.4, 0.5) is 0 Å². The van der Waals surface area contributed by atoms with Crippen molar-refractivity contribution < 1.29 is 0 Å². The highest BCUT2D eigenvalue weighted by Gasteiger charge is 2.23. The molecule has 0 aliphatic rings. The molecule has 0 aliphatic carbocycles. The van der Waals surface area contributed by atoms with E-state index in [1.54, 1.807) is 0 Å². The van der Waals surface area contributed by atoms with Crippen molar-refractivity contribution in [2.45, 2.75) is 65.6 Å². The van der Waals surface area contributed by atoms with Gasteiger partial charge in [-0.3, -0.25) is 10.00 Å². The summed E-state index contributed by atoms with van der Waals surface area (Å²) in [6, 6.07) is 2.67. The van der Waals surface area contributed by atoms with Gasteiger partial charge in [0.1, 0.15) is 17.2 Å². The molecule has 5 nitrogen and oxygen atoms in total. The van der Waals surface area contributed by atoms with E-state index in [0.29, 0.717) is 6.04 Å². The highest BCUT2D eigenvalue weighted by molar-refractivity contribution is 5.04. The van der Waals surface area contributed by atoms with E-state index in [0.717, 1.165) is 31.0 Å². The molecule has 1 atom stereocenters. The Morgan fingerprint density at radius 2 is 2.11 bits per heavy atom. The largest absolute Gasteiger partial charge is 0.297 e. The van der Waals surface area contributed by atoms with Crippen LogP contribution in [0, 0.1) is 25.2 Å². The van der Waals surface area contributed by atoms with E-state index < -0.39 is 5.54 Å². The third kappa shape index (κ3) is 4.11. The zero-order valence-corrected chi connectivity index (χ0v) is 12.0. The van der Waals surface area contributed by atoms with Crippen LogP contribution < -0.4 is 5.32 Å². The zero-order chi connectivity index (χ0) is 13.8. The molecule has 5 heteroatoms. The monoisotopic (exact) mass is 249 g/mol. The highest BCUT2D eigenvalue weighted by Crippen LogP contribution is 2.13. The number of nitrogens with one attached hydrogen (secondary N) is 1. The van der Waals surface area contributed by atoms with Gasteiger partial charge in [0, 0.05) is 12.6 Å². The summed E-state index contributed by atoms with van der Waals surface area (Å²) in [5.41, 5.74) is -0.461. The van der Waals surface area contributed by atoms with Crippen LogP contribution in [0.3, 0.4) is 0 Å². The van der Waals surface area contributed by atoms with Crippen LogP contribution in [0.1, 0.15) is 45.3 Å². The maximum atomic E-state index is 9.24. The summed E-state index contributed by atoms with van der Waals surface area (Å²) in [7, 11) is 0. The van der Waals surface area contributed by atoms with Crippen molar-refractivity contribution in [3.8, 4) is 6.07 Å². The van der Waals surface area contributed by atoms with Crippen molar-refractivity contribution in [2.75, 3.05) is 0 Å². The molecular weight excluding hydrogens is 226 g/mol. The predicted octanol–water partition coefficient (Wildman–Crippen LogP) is 1.96. The van der Waals surface area contributed by atoms with Crippen molar-refractivity contribution in [3.05, 3.63) is 11.6 Å². The lowest BCUT2D eigenvalue weighted by molar-refractivity contribution is 0.360. The number of aromatic nitrogens is 3. The summed E-state index contributed by atoms with van der Waals surface area (Å²) in [4.78, 5) is 4.27. The van der Waals surface area contributed by atoms with Gasteiger partial charge in [0.15, 0.2) is 0 Å². The molecule has 0 bridgehead atoms. The van der Waals surface area contributed by atoms with Gasteiger partial charge in [-0.05, 0) is 47.5 Å². The van der Waals surface area contributed by atoms with Crippen LogP contribution in [0.15, 0.2) is 0 Å². The normalized spacial score (nSPS) is 14.5. The van der Waals surface area contributed by atoms with E-state index in [-0.39, 0.29) is 0 Å². The Morgan fingerprint density at radius 3 is 2.56 bits per heavy atom. The molecule has 0 aromatic carbocycles. The Kier molecular flexibility index (Phi) is 4.85. The SMILES string of the molecule is Cc1nc(C)n(CCCC(C)(C#N)NC(C)C)n1. The first-order chi connectivity index (χ1) is 8.36. The third-order valence-corrected chi connectivity index (χ3v) is 2.86. The molecule has 0 saturated heterocycles. The molecule has 0 saturated carbocycles. The van der Waals surface area contributed by atoms with Crippen molar-refractivity contribution in [1.29, 1.82) is 5.26 Å². The quantitative estimate of drug-likeness (QED) is 0.837. The van der Waals surface area contributed by atoms with Crippen LogP contribution >= 0.6 is 0 Å². The van der Waals surface area contributed by atoms with Crippen LogP contribution in [0.25, 0.3) is 0 Å². The fourth-order valence-corrected chi connectivity index (χ4v) is 2.15. The Hall–Kier alpha value is -1.41. The fourth-order valence-electron chi connectivity index (χ4n) is 2.15. The van der Waals surface area contributed by atoms with Crippen LogP contribution in [-0.4, -0.2) is 26.3 Å². The summed E-state index contributed by atoms with van der Waals surface area (Å²) < 4.78 is 1.91. The van der Waals surface area contributed by atoms with E-state index in [4.69, 9.17) is 0 Å². The zero-order valence-electron chi connectivity index (χ0n) is 12.0. The number of rotatable bonds is 6. The summed E-state index contributed by atoms with van der Waals surface area (Å²) in [5, 5.41) is 16.9. The summed E-state index contributed by atoms with van der Waals surface area (Å²) in [6.07, 6.45) is 1.72. The number of nitriles is 1. The average molecular weight is 249 g/mol. The summed E-state index contributed by atoms with van der Waals surface area (Å²) >= 11 is 0. The Morgan fingerprint density at radius 1 is 1.44 bits per heavy atom. The first-order valence-electron chi connectivity index (χ1n) is 6.43. The molecule has 1 aromatic rings. The van der Waals surface area contributed by atoms with Crippen LogP contribution in [0.5, 0.6) is 0 Å². The first kappa shape index (κ1) is 14.7. The molecule has 1 aromatic heterocycles. The maximum absolute atomic E-state index is 9.24. The molecule has 1 rings (SSSR count). The molecule has 1 N–H and O–H groups in total. The summed E-state index contributed by atoms with van der Waals surface area (Å²) in [5.74, 6) is 1.74. The highest BCUT2D eigenvalue weighted by atomic mass is 15.3. The topological polar surface area (TPSA) is 66.5 Å². The van der Waals surface area contributed by atoms with Gasteiger partial charge in [0.05, 0.1) is 6.07 Å². The van der Waals surface area contributed by atoms with Gasteiger partial charge in [0.25, 0.3) is 0 Å². The number of aryl methyl sites for hydroxylation is 3. The molecule has 1 heterocycles. The lowest BCUT2D eigenvalue weighted by Gasteiger charge is -2.25. The van der Waals surface area contributed by atoms with Gasteiger partial charge in [-0.1, -0.05) is 0 Å². The smallest absolute Gasteiger partial charge is 0.147 e. The lowest BCUT2D eigenvalue weighted by Crippen LogP contribution is -2.45. The molecule has 100 valence electrons. The standard InChI is InChI=1S/C13H23N5/c1-10(2)16-13(5,9-14)7-6-8-18-12(4)15-11(3)17-18/h10,16H,6-8H2,1-5H3. The van der Waals surface area contributed by atoms with E-state index in [1.165, 1.54) is 0 Å². The average Bonchev–Trinajstić information content (AvgIpc) is 2.56. The Balaban J connectivity index is 2.50. The van der Waals surface area contributed by atoms with E-state index in [1.807, 2.05) is 25.5 Å². The van der Waals surface area contributed by atoms with E-state index in [9.17, 15) is 5.26 Å². The molecular formula is C13H23N5. The number of hydrogen-bond donors (Lipinski definition) is 1. The van der Waals surface area contributed by atoms with Crippen molar-refractivity contribution in [2.24, 2.45) is 0 Å². The van der Waals surface area contributed by atoms with Gasteiger partial charge < -0.3 is 0 Å². The molecule has 18 heavy (non-hydrogen) atoms. The van der Waals surface area contributed by atoms with Crippen LogP contribution in [-0.2, 0) is 6.54 Å². The first-order valence-corrected chi connectivity index (χ1v) is 6.43. The number of hydrogen-bond acceptors (Lipinski definition) is 4. The second-order valence-corrected chi connectivity index (χ2v) is 5.28. The minimum absolute atomic E-state index is 0.310. The Bertz CT molecular complexity index is 429. The van der Waals surface area contributed by atoms with Crippen molar-refractivity contribution in [3.63, 3.8) is 0 Å². The Labute approximate surface area is 109 Å². The molecule has 0 radical (unpaired) electrons. The predicted molar refractivity (Wildman–Crippen MR) is 71.0 cm³/mol. The number of nitrogens with zero attached hydrogens (tertiary/aromatic N) is 4. The second-order valence-electron chi connectivity index (χ2n) is 5.28. The molecule has 0 amide bonds. The molecule has 1 unspecified atom stereocenters. The van der Waals surface area contributed by atoms with E-state index in [2.05, 4.69) is 35.3 Å². The van der Waals surface area contributed by atoms with Gasteiger partial charge in [0.2, 0.25) is 0 Å². The van der Waals surface area contributed by atoms with Crippen molar-refractivity contribution in [1.82, 2.24) is 20.1 Å². The lowest BCUT2D eigenvalue weighted by atomic mass is 9.96. The van der Waals surface area contributed by atoms with Gasteiger partial charge >= 0.3 is 0 Å². The van der Waals surface area contributed by atoms with Crippen LogP contribution in [0.2, 0.25) is 0 Å². The molecule has 0 spiro atoms. The van der Waals surface area contributed by atoms with Gasteiger partial charge in [-0.2, -0.15) is 10.4 Å². The second kappa shape index (κ2) is 5.96. The maximum Gasteiger partial charge on any atom is 0.147 e. The minimum atomic E-state index is -0.461. The third-order valence-electron chi connectivity index (χ3n) is 2.86. The minimum Gasteiger partial charge on any atom is -0.297 e.